The lowest BCUT2D eigenvalue weighted by molar-refractivity contribution is 0.0976. The summed E-state index contributed by atoms with van der Waals surface area (Å²) >= 11 is 5.21. The fraction of sp³-hybridized carbons (Fsp3) is 0.130. The molecular formula is C23H20N4O4S. The number of anilines is 1. The molecule has 4 aromatic rings. The first-order valence-electron chi connectivity index (χ1n) is 9.82. The number of nitrogens with one attached hydrogen (secondary N) is 2. The first kappa shape index (κ1) is 21.4. The number of aryl methyl sites for hydroxylation is 1. The average Bonchev–Trinajstić information content (AvgIpc) is 2.77. The number of fused-ring (bicyclic) bond motifs is 3. The van der Waals surface area contributed by atoms with Crippen molar-refractivity contribution in [1.29, 1.82) is 0 Å². The number of rotatable bonds is 4. The van der Waals surface area contributed by atoms with E-state index in [2.05, 4.69) is 15.6 Å². The maximum absolute atomic E-state index is 13.2. The van der Waals surface area contributed by atoms with Crippen LogP contribution in [0.4, 0.5) is 5.69 Å². The minimum atomic E-state index is -0.695. The van der Waals surface area contributed by atoms with Crippen molar-refractivity contribution in [2.45, 2.75) is 13.5 Å². The van der Waals surface area contributed by atoms with Crippen molar-refractivity contribution < 1.29 is 15.0 Å². The van der Waals surface area contributed by atoms with Gasteiger partial charge in [0, 0.05) is 30.0 Å². The van der Waals surface area contributed by atoms with Gasteiger partial charge in [-0.25, -0.2) is 0 Å². The first-order chi connectivity index (χ1) is 15.4. The topological polar surface area (TPSA) is 116 Å². The molecule has 0 unspecified atom stereocenters. The lowest BCUT2D eigenvalue weighted by Crippen LogP contribution is -2.37. The number of nitrogens with zero attached hydrogens (tertiary/aromatic N) is 2. The van der Waals surface area contributed by atoms with Gasteiger partial charge in [-0.05, 0) is 49.5 Å². The zero-order valence-electron chi connectivity index (χ0n) is 17.1. The second-order valence-electron chi connectivity index (χ2n) is 7.25. The Morgan fingerprint density at radius 3 is 2.66 bits per heavy atom. The van der Waals surface area contributed by atoms with E-state index in [1.54, 1.807) is 16.7 Å². The zero-order valence-corrected chi connectivity index (χ0v) is 17.9. The van der Waals surface area contributed by atoms with Crippen LogP contribution in [0.3, 0.4) is 0 Å². The predicted molar refractivity (Wildman–Crippen MR) is 127 cm³/mol. The molecule has 4 rings (SSSR count). The molecule has 9 heteroatoms. The van der Waals surface area contributed by atoms with E-state index in [4.69, 9.17) is 12.2 Å². The molecule has 0 aliphatic heterocycles. The Hall–Kier alpha value is -3.82. The fourth-order valence-electron chi connectivity index (χ4n) is 3.54. The highest BCUT2D eigenvalue weighted by Gasteiger charge is 2.19. The Bertz CT molecular complexity index is 1410. The molecule has 0 saturated heterocycles. The summed E-state index contributed by atoms with van der Waals surface area (Å²) in [4.78, 5) is 30.2. The molecule has 0 bridgehead atoms. The number of phenols is 1. The maximum atomic E-state index is 13.2. The number of aliphatic hydroxyl groups excluding tert-OH is 1. The van der Waals surface area contributed by atoms with Crippen molar-refractivity contribution in [3.8, 4) is 5.75 Å². The number of aromatic nitrogens is 2. The van der Waals surface area contributed by atoms with E-state index in [0.29, 0.717) is 22.1 Å². The number of benzene rings is 2. The average molecular weight is 449 g/mol. The smallest absolute Gasteiger partial charge is 0.262 e. The van der Waals surface area contributed by atoms with E-state index in [9.17, 15) is 19.8 Å². The SMILES string of the molecule is Cc1ccc(NC(=S)NC(=O)c2cn(CCO)c3c(cc(O)c4ncccc43)c2=O)cc1. The Kier molecular flexibility index (Phi) is 5.85. The molecule has 2 aromatic heterocycles. The molecule has 0 radical (unpaired) electrons. The van der Waals surface area contributed by atoms with E-state index < -0.39 is 11.3 Å². The van der Waals surface area contributed by atoms with E-state index >= 15 is 0 Å². The van der Waals surface area contributed by atoms with Crippen LogP contribution < -0.4 is 16.1 Å². The van der Waals surface area contributed by atoms with Crippen LogP contribution in [0.25, 0.3) is 21.8 Å². The third-order valence-electron chi connectivity index (χ3n) is 5.03. The molecule has 0 aliphatic rings. The summed E-state index contributed by atoms with van der Waals surface area (Å²) in [5.74, 6) is -0.867. The number of amides is 1. The van der Waals surface area contributed by atoms with Gasteiger partial charge in [0.25, 0.3) is 5.91 Å². The van der Waals surface area contributed by atoms with Crippen molar-refractivity contribution >= 4 is 50.7 Å². The molecule has 4 N–H and O–H groups in total. The largest absolute Gasteiger partial charge is 0.506 e. The van der Waals surface area contributed by atoms with Crippen LogP contribution in [0.15, 0.2) is 59.7 Å². The molecule has 2 aromatic carbocycles. The van der Waals surface area contributed by atoms with E-state index in [0.717, 1.165) is 5.56 Å². The third-order valence-corrected chi connectivity index (χ3v) is 5.23. The molecule has 0 atom stereocenters. The first-order valence-corrected chi connectivity index (χ1v) is 10.2. The Balaban J connectivity index is 1.75. The number of phenolic OH excluding ortho intramolecular Hbond substituents is 1. The van der Waals surface area contributed by atoms with Crippen molar-refractivity contribution in [2.24, 2.45) is 0 Å². The molecule has 0 spiro atoms. The van der Waals surface area contributed by atoms with Gasteiger partial charge in [-0.1, -0.05) is 17.7 Å². The monoisotopic (exact) mass is 448 g/mol. The number of aliphatic hydroxyl groups is 1. The Morgan fingerprint density at radius 2 is 1.94 bits per heavy atom. The van der Waals surface area contributed by atoms with Gasteiger partial charge in [-0.3, -0.25) is 19.9 Å². The molecule has 1 amide bonds. The highest BCUT2D eigenvalue weighted by Crippen LogP contribution is 2.30. The number of carbonyl (C=O) groups is 1. The van der Waals surface area contributed by atoms with Crippen LogP contribution in [0.1, 0.15) is 15.9 Å². The molecule has 0 saturated carbocycles. The summed E-state index contributed by atoms with van der Waals surface area (Å²) in [6.07, 6.45) is 2.92. The molecular weight excluding hydrogens is 428 g/mol. The number of pyridine rings is 2. The van der Waals surface area contributed by atoms with Gasteiger partial charge in [0.05, 0.1) is 17.5 Å². The van der Waals surface area contributed by atoms with Crippen LogP contribution in [0.2, 0.25) is 0 Å². The number of hydrogen-bond donors (Lipinski definition) is 4. The lowest BCUT2D eigenvalue weighted by Gasteiger charge is -2.15. The summed E-state index contributed by atoms with van der Waals surface area (Å²) in [6.45, 7) is 1.88. The standard InChI is InChI=1S/C23H20N4O4S/c1-13-4-6-14(7-5-13)25-23(32)26-22(31)17-12-27(9-10-28)20-15-3-2-8-24-19(15)18(29)11-16(20)21(17)30/h2-8,11-12,28-29H,9-10H2,1H3,(H2,25,26,31,32). The van der Waals surface area contributed by atoms with Crippen LogP contribution in [0, 0.1) is 6.92 Å². The van der Waals surface area contributed by atoms with Gasteiger partial charge in [-0.15, -0.1) is 0 Å². The summed E-state index contributed by atoms with van der Waals surface area (Å²) in [6, 6.07) is 12.1. The highest BCUT2D eigenvalue weighted by molar-refractivity contribution is 7.80. The van der Waals surface area contributed by atoms with Crippen molar-refractivity contribution in [1.82, 2.24) is 14.9 Å². The Labute approximate surface area is 188 Å². The third kappa shape index (κ3) is 4.03. The number of aromatic hydroxyl groups is 1. The molecule has 0 aliphatic carbocycles. The van der Waals surface area contributed by atoms with Gasteiger partial charge in [0.15, 0.2) is 5.11 Å². The normalized spacial score (nSPS) is 10.9. The summed E-state index contributed by atoms with van der Waals surface area (Å²) in [7, 11) is 0. The second kappa shape index (κ2) is 8.74. The van der Waals surface area contributed by atoms with Gasteiger partial charge < -0.3 is 20.1 Å². The van der Waals surface area contributed by atoms with Crippen LogP contribution in [-0.2, 0) is 6.54 Å². The summed E-state index contributed by atoms with van der Waals surface area (Å²) in [5, 5.41) is 26.1. The van der Waals surface area contributed by atoms with E-state index in [-0.39, 0.29) is 35.0 Å². The number of carbonyl (C=O) groups excluding carboxylic acids is 1. The molecule has 162 valence electrons. The Morgan fingerprint density at radius 1 is 1.19 bits per heavy atom. The number of thiocarbonyl (C=S) groups is 1. The van der Waals surface area contributed by atoms with Gasteiger partial charge >= 0.3 is 0 Å². The van der Waals surface area contributed by atoms with Gasteiger partial charge in [0.2, 0.25) is 5.43 Å². The summed E-state index contributed by atoms with van der Waals surface area (Å²) in [5.41, 5.74) is 1.85. The van der Waals surface area contributed by atoms with Crippen molar-refractivity contribution in [3.05, 3.63) is 76.2 Å². The zero-order chi connectivity index (χ0) is 22.8. The highest BCUT2D eigenvalue weighted by atomic mass is 32.1. The van der Waals surface area contributed by atoms with Crippen molar-refractivity contribution in [2.75, 3.05) is 11.9 Å². The van der Waals surface area contributed by atoms with Crippen LogP contribution in [0.5, 0.6) is 5.75 Å². The van der Waals surface area contributed by atoms with E-state index in [1.165, 1.54) is 18.5 Å². The predicted octanol–water partition coefficient (Wildman–Crippen LogP) is 2.68. The van der Waals surface area contributed by atoms with Crippen LogP contribution >= 0.6 is 12.2 Å². The second-order valence-corrected chi connectivity index (χ2v) is 7.66. The minimum Gasteiger partial charge on any atom is -0.506 e. The minimum absolute atomic E-state index is 0.0395. The molecule has 0 fully saturated rings. The molecule has 32 heavy (non-hydrogen) atoms. The lowest BCUT2D eigenvalue weighted by atomic mass is 10.1. The summed E-state index contributed by atoms with van der Waals surface area (Å²) < 4.78 is 1.60. The maximum Gasteiger partial charge on any atom is 0.262 e. The number of hydrogen-bond acceptors (Lipinski definition) is 6. The van der Waals surface area contributed by atoms with Crippen LogP contribution in [-0.4, -0.2) is 37.4 Å². The van der Waals surface area contributed by atoms with Gasteiger partial charge in [0.1, 0.15) is 16.8 Å². The molecule has 2 heterocycles. The quantitative estimate of drug-likeness (QED) is 0.280. The molecule has 8 nitrogen and oxygen atoms in total. The van der Waals surface area contributed by atoms with Crippen molar-refractivity contribution in [3.63, 3.8) is 0 Å². The fourth-order valence-corrected chi connectivity index (χ4v) is 3.75. The van der Waals surface area contributed by atoms with Gasteiger partial charge in [-0.2, -0.15) is 0 Å². The van der Waals surface area contributed by atoms with E-state index in [1.807, 2.05) is 31.2 Å².